The number of halogens is 3. The molecule has 1 N–H and O–H groups in total. The Labute approximate surface area is 223 Å². The van der Waals surface area contributed by atoms with Crippen molar-refractivity contribution < 1.29 is 23.8 Å². The maximum atomic E-state index is 12.6. The quantitative estimate of drug-likeness (QED) is 0.303. The molecule has 3 aromatic carbocycles. The first kappa shape index (κ1) is 25.9. The van der Waals surface area contributed by atoms with Crippen molar-refractivity contribution in [3.63, 3.8) is 0 Å². The third-order valence-electron chi connectivity index (χ3n) is 5.30. The fourth-order valence-electron chi connectivity index (χ4n) is 3.55. The Morgan fingerprint density at radius 3 is 2.50 bits per heavy atom. The van der Waals surface area contributed by atoms with Gasteiger partial charge in [-0.05, 0) is 73.5 Å². The molecule has 0 spiro atoms. The second-order valence-electron chi connectivity index (χ2n) is 7.94. The monoisotopic (exact) mass is 548 g/mol. The van der Waals surface area contributed by atoms with E-state index in [1.807, 2.05) is 12.1 Å². The van der Waals surface area contributed by atoms with Crippen molar-refractivity contribution >= 4 is 58.0 Å². The summed E-state index contributed by atoms with van der Waals surface area (Å²) in [5.74, 6) is 1.15. The van der Waals surface area contributed by atoms with Gasteiger partial charge in [-0.2, -0.15) is 0 Å². The van der Waals surface area contributed by atoms with Crippen LogP contribution < -0.4 is 24.4 Å². The van der Waals surface area contributed by atoms with Crippen molar-refractivity contribution in [3.8, 4) is 17.2 Å². The fraction of sp³-hybridized carbons (Fsp3) is 0.231. The van der Waals surface area contributed by atoms with Crippen molar-refractivity contribution in [2.45, 2.75) is 12.8 Å². The van der Waals surface area contributed by atoms with Gasteiger partial charge in [0, 0.05) is 22.3 Å². The van der Waals surface area contributed by atoms with E-state index < -0.39 is 0 Å². The largest absolute Gasteiger partial charge is 0.494 e. The van der Waals surface area contributed by atoms with E-state index in [4.69, 9.17) is 49.0 Å². The second-order valence-corrected chi connectivity index (χ2v) is 9.22. The Kier molecular flexibility index (Phi) is 8.80. The van der Waals surface area contributed by atoms with Crippen LogP contribution in [0, 0.1) is 0 Å². The van der Waals surface area contributed by atoms with Gasteiger partial charge >= 0.3 is 0 Å². The predicted octanol–water partition coefficient (Wildman–Crippen LogP) is 6.25. The molecule has 0 aliphatic carbocycles. The van der Waals surface area contributed by atoms with Crippen LogP contribution in [-0.4, -0.2) is 38.2 Å². The van der Waals surface area contributed by atoms with Crippen LogP contribution in [0.4, 0.5) is 11.4 Å². The Hall–Kier alpha value is -3.13. The molecule has 0 bridgehead atoms. The molecule has 0 atom stereocenters. The van der Waals surface area contributed by atoms with Gasteiger partial charge < -0.3 is 24.4 Å². The molecule has 0 radical (unpaired) electrons. The van der Waals surface area contributed by atoms with Crippen LogP contribution in [0.1, 0.15) is 12.8 Å². The summed E-state index contributed by atoms with van der Waals surface area (Å²) in [6.07, 6.45) is 1.48. The van der Waals surface area contributed by atoms with Crippen molar-refractivity contribution in [2.24, 2.45) is 0 Å². The number of hydrogen-bond donors (Lipinski definition) is 1. The number of rotatable bonds is 10. The first-order valence-electron chi connectivity index (χ1n) is 11.2. The lowest BCUT2D eigenvalue weighted by molar-refractivity contribution is -0.121. The molecule has 4 rings (SSSR count). The van der Waals surface area contributed by atoms with Gasteiger partial charge in [-0.15, -0.1) is 0 Å². The lowest BCUT2D eigenvalue weighted by Gasteiger charge is -2.30. The molecule has 1 heterocycles. The zero-order valence-corrected chi connectivity index (χ0v) is 21.4. The van der Waals surface area contributed by atoms with Gasteiger partial charge in [0.1, 0.15) is 17.2 Å². The van der Waals surface area contributed by atoms with Gasteiger partial charge in [0.25, 0.3) is 11.8 Å². The molecule has 0 unspecified atom stereocenters. The summed E-state index contributed by atoms with van der Waals surface area (Å²) >= 11 is 17.8. The number of carbonyl (C=O) groups is 2. The molecule has 1 aliphatic rings. The van der Waals surface area contributed by atoms with Crippen LogP contribution in [0.15, 0.2) is 60.7 Å². The fourth-order valence-corrected chi connectivity index (χ4v) is 4.14. The van der Waals surface area contributed by atoms with Crippen LogP contribution in [0.2, 0.25) is 15.1 Å². The van der Waals surface area contributed by atoms with Crippen LogP contribution >= 0.6 is 34.8 Å². The summed E-state index contributed by atoms with van der Waals surface area (Å²) in [5.41, 5.74) is 1.11. The molecule has 1 aliphatic heterocycles. The van der Waals surface area contributed by atoms with E-state index in [-0.39, 0.29) is 25.0 Å². The molecular weight excluding hydrogens is 527 g/mol. The zero-order valence-electron chi connectivity index (χ0n) is 19.1. The van der Waals surface area contributed by atoms with E-state index in [2.05, 4.69) is 5.32 Å². The smallest absolute Gasteiger partial charge is 0.265 e. The van der Waals surface area contributed by atoms with E-state index in [1.165, 1.54) is 6.07 Å². The SMILES string of the molecule is O=C(COc1ccc(Cl)cc1Cl)Nc1ccc2c(c1)N(CCCCOc1ccc(Cl)cc1)C(=O)CO2. The summed E-state index contributed by atoms with van der Waals surface area (Å²) < 4.78 is 16.8. The summed E-state index contributed by atoms with van der Waals surface area (Å²) in [4.78, 5) is 26.6. The minimum atomic E-state index is -0.380. The van der Waals surface area contributed by atoms with Gasteiger partial charge in [0.05, 0.1) is 17.3 Å². The molecule has 0 aromatic heterocycles. The number of ether oxygens (including phenoxy) is 3. The normalized spacial score (nSPS) is 12.5. The Balaban J connectivity index is 1.31. The van der Waals surface area contributed by atoms with Crippen molar-refractivity contribution in [1.82, 2.24) is 0 Å². The second kappa shape index (κ2) is 12.2. The Bertz CT molecular complexity index is 1240. The number of anilines is 2. The number of amides is 2. The van der Waals surface area contributed by atoms with Crippen LogP contribution in [0.3, 0.4) is 0 Å². The highest BCUT2D eigenvalue weighted by Crippen LogP contribution is 2.35. The number of fused-ring (bicyclic) bond motifs is 1. The molecular formula is C26H23Cl3N2O5. The van der Waals surface area contributed by atoms with Crippen molar-refractivity contribution in [3.05, 3.63) is 75.7 Å². The number of unbranched alkanes of at least 4 members (excludes halogenated alkanes) is 1. The van der Waals surface area contributed by atoms with Gasteiger partial charge in [-0.1, -0.05) is 34.8 Å². The molecule has 0 fully saturated rings. The molecule has 188 valence electrons. The standard InChI is InChI=1S/C26H23Cl3N2O5/c27-17-3-7-20(8-4-17)34-12-2-1-11-31-22-14-19(6-10-24(22)36-16-26(31)33)30-25(32)15-35-23-9-5-18(28)13-21(23)29/h3-10,13-14H,1-2,11-12,15-16H2,(H,30,32). The van der Waals surface area contributed by atoms with Gasteiger partial charge in [0.2, 0.25) is 0 Å². The molecule has 3 aromatic rings. The molecule has 10 heteroatoms. The maximum absolute atomic E-state index is 12.6. The van der Waals surface area contributed by atoms with Gasteiger partial charge in [-0.25, -0.2) is 0 Å². The van der Waals surface area contributed by atoms with E-state index in [9.17, 15) is 9.59 Å². The van der Waals surface area contributed by atoms with E-state index in [0.29, 0.717) is 51.1 Å². The van der Waals surface area contributed by atoms with Crippen molar-refractivity contribution in [1.29, 1.82) is 0 Å². The highest BCUT2D eigenvalue weighted by atomic mass is 35.5. The lowest BCUT2D eigenvalue weighted by atomic mass is 10.2. The van der Waals surface area contributed by atoms with E-state index in [1.54, 1.807) is 47.4 Å². The molecule has 2 amide bonds. The number of nitrogens with zero attached hydrogens (tertiary/aromatic N) is 1. The van der Waals surface area contributed by atoms with E-state index >= 15 is 0 Å². The Morgan fingerprint density at radius 1 is 0.944 bits per heavy atom. The minimum absolute atomic E-state index is 0.0321. The number of hydrogen-bond acceptors (Lipinski definition) is 5. The Morgan fingerprint density at radius 2 is 1.72 bits per heavy atom. The summed E-state index contributed by atoms with van der Waals surface area (Å²) in [6, 6.07) is 17.1. The molecule has 36 heavy (non-hydrogen) atoms. The van der Waals surface area contributed by atoms with Gasteiger partial charge in [-0.3, -0.25) is 9.59 Å². The third kappa shape index (κ3) is 6.97. The van der Waals surface area contributed by atoms with E-state index in [0.717, 1.165) is 18.6 Å². The van der Waals surface area contributed by atoms with Crippen molar-refractivity contribution in [2.75, 3.05) is 36.6 Å². The first-order chi connectivity index (χ1) is 17.4. The third-order valence-corrected chi connectivity index (χ3v) is 6.08. The molecule has 7 nitrogen and oxygen atoms in total. The van der Waals surface area contributed by atoms with Crippen LogP contribution in [0.25, 0.3) is 0 Å². The first-order valence-corrected chi connectivity index (χ1v) is 12.4. The summed E-state index contributed by atoms with van der Waals surface area (Å²) in [6.45, 7) is 0.733. The summed E-state index contributed by atoms with van der Waals surface area (Å²) in [5, 5.41) is 4.21. The van der Waals surface area contributed by atoms with Gasteiger partial charge in [0.15, 0.2) is 13.2 Å². The number of carbonyl (C=O) groups excluding carboxylic acids is 2. The minimum Gasteiger partial charge on any atom is -0.494 e. The zero-order chi connectivity index (χ0) is 25.5. The highest BCUT2D eigenvalue weighted by molar-refractivity contribution is 6.35. The lowest BCUT2D eigenvalue weighted by Crippen LogP contribution is -2.39. The average Bonchev–Trinajstić information content (AvgIpc) is 2.85. The van der Waals surface area contributed by atoms with Crippen LogP contribution in [-0.2, 0) is 9.59 Å². The number of benzene rings is 3. The van der Waals surface area contributed by atoms with Crippen LogP contribution in [0.5, 0.6) is 17.2 Å². The average molecular weight is 550 g/mol. The predicted molar refractivity (Wildman–Crippen MR) is 141 cm³/mol. The maximum Gasteiger partial charge on any atom is 0.265 e. The molecule has 0 saturated heterocycles. The summed E-state index contributed by atoms with van der Waals surface area (Å²) in [7, 11) is 0. The number of nitrogens with one attached hydrogen (secondary N) is 1. The topological polar surface area (TPSA) is 77.1 Å². The molecule has 0 saturated carbocycles. The highest BCUT2D eigenvalue weighted by Gasteiger charge is 2.25.